The number of thiazole rings is 1. The first-order chi connectivity index (χ1) is 14.5. The Hall–Kier alpha value is -2.97. The van der Waals surface area contributed by atoms with E-state index in [0.717, 1.165) is 16.5 Å². The van der Waals surface area contributed by atoms with E-state index in [9.17, 15) is 13.2 Å². The molecule has 0 aliphatic carbocycles. The second-order valence-electron chi connectivity index (χ2n) is 6.92. The molecule has 0 spiro atoms. The van der Waals surface area contributed by atoms with Crippen LogP contribution in [0.25, 0.3) is 22.4 Å². The quantitative estimate of drug-likeness (QED) is 0.421. The van der Waals surface area contributed by atoms with Gasteiger partial charge in [-0.15, -0.1) is 11.3 Å². The lowest BCUT2D eigenvalue weighted by Crippen LogP contribution is -2.15. The highest BCUT2D eigenvalue weighted by molar-refractivity contribution is 7.90. The zero-order valence-electron chi connectivity index (χ0n) is 16.1. The summed E-state index contributed by atoms with van der Waals surface area (Å²) in [6.07, 6.45) is 0.385. The maximum Gasteiger partial charge on any atom is 0.226 e. The van der Waals surface area contributed by atoms with Gasteiger partial charge in [-0.3, -0.25) is 4.79 Å². The van der Waals surface area contributed by atoms with Crippen LogP contribution < -0.4 is 5.32 Å². The van der Waals surface area contributed by atoms with E-state index in [1.165, 1.54) is 11.3 Å². The van der Waals surface area contributed by atoms with Crippen molar-refractivity contribution < 1.29 is 17.6 Å². The SMILES string of the molecule is O=C(CCCS(=O)(=O)Cc1ccccc1)Nc1nc(-c2cc3ccccc3o2)cs1. The van der Waals surface area contributed by atoms with Gasteiger partial charge < -0.3 is 9.73 Å². The second kappa shape index (κ2) is 8.81. The number of hydrogen-bond donors (Lipinski definition) is 1. The van der Waals surface area contributed by atoms with Crippen LogP contribution in [-0.4, -0.2) is 25.1 Å². The largest absolute Gasteiger partial charge is 0.454 e. The summed E-state index contributed by atoms with van der Waals surface area (Å²) in [7, 11) is -3.25. The van der Waals surface area contributed by atoms with Crippen molar-refractivity contribution in [1.29, 1.82) is 0 Å². The van der Waals surface area contributed by atoms with E-state index in [0.29, 0.717) is 16.6 Å². The number of rotatable bonds is 8. The molecule has 0 aliphatic heterocycles. The summed E-state index contributed by atoms with van der Waals surface area (Å²) in [6, 6.07) is 18.6. The summed E-state index contributed by atoms with van der Waals surface area (Å²) in [5.74, 6) is 0.343. The summed E-state index contributed by atoms with van der Waals surface area (Å²) in [4.78, 5) is 16.6. The summed E-state index contributed by atoms with van der Waals surface area (Å²) in [5, 5.41) is 6.00. The third kappa shape index (κ3) is 5.14. The van der Waals surface area contributed by atoms with Crippen molar-refractivity contribution >= 4 is 43.2 Å². The number of aromatic nitrogens is 1. The minimum atomic E-state index is -3.25. The number of carbonyl (C=O) groups excluding carboxylic acids is 1. The van der Waals surface area contributed by atoms with Gasteiger partial charge in [0, 0.05) is 17.2 Å². The smallest absolute Gasteiger partial charge is 0.226 e. The lowest BCUT2D eigenvalue weighted by atomic mass is 10.2. The third-order valence-corrected chi connectivity index (χ3v) is 6.96. The molecule has 8 heteroatoms. The Bertz CT molecular complexity index is 1230. The number of hydrogen-bond acceptors (Lipinski definition) is 6. The average Bonchev–Trinajstić information content (AvgIpc) is 3.34. The standard InChI is InChI=1S/C22H20N2O4S2/c25-21(11-6-12-30(26,27)15-16-7-2-1-3-8-16)24-22-23-18(14-29-22)20-13-17-9-4-5-10-19(17)28-20/h1-5,7-10,13-14H,6,11-12,15H2,(H,23,24,25). The van der Waals surface area contributed by atoms with Crippen LogP contribution >= 0.6 is 11.3 Å². The molecule has 0 bridgehead atoms. The number of carbonyl (C=O) groups is 1. The fraction of sp³-hybridized carbons (Fsp3) is 0.182. The normalized spacial score (nSPS) is 11.6. The molecule has 154 valence electrons. The molecule has 0 saturated carbocycles. The predicted octanol–water partition coefficient (Wildman–Crippen LogP) is 4.89. The fourth-order valence-electron chi connectivity index (χ4n) is 3.09. The van der Waals surface area contributed by atoms with Gasteiger partial charge in [-0.2, -0.15) is 0 Å². The van der Waals surface area contributed by atoms with Gasteiger partial charge in [0.2, 0.25) is 5.91 Å². The fourth-order valence-corrected chi connectivity index (χ4v) is 5.23. The summed E-state index contributed by atoms with van der Waals surface area (Å²) < 4.78 is 30.2. The Balaban J connectivity index is 1.29. The minimum absolute atomic E-state index is 0.0111. The number of furan rings is 1. The average molecular weight is 441 g/mol. The molecule has 1 N–H and O–H groups in total. The second-order valence-corrected chi connectivity index (χ2v) is 9.96. The molecule has 0 aliphatic rings. The van der Waals surface area contributed by atoms with Crippen molar-refractivity contribution in [2.75, 3.05) is 11.1 Å². The number of nitrogens with zero attached hydrogens (tertiary/aromatic N) is 1. The Morgan fingerprint density at radius 1 is 1.07 bits per heavy atom. The van der Waals surface area contributed by atoms with E-state index in [-0.39, 0.29) is 30.3 Å². The molecule has 0 radical (unpaired) electrons. The molecule has 0 unspecified atom stereocenters. The number of benzene rings is 2. The topological polar surface area (TPSA) is 89.3 Å². The van der Waals surface area contributed by atoms with Gasteiger partial charge in [0.05, 0.1) is 11.5 Å². The van der Waals surface area contributed by atoms with E-state index < -0.39 is 9.84 Å². The van der Waals surface area contributed by atoms with Crippen LogP contribution in [0.2, 0.25) is 0 Å². The van der Waals surface area contributed by atoms with Crippen LogP contribution in [0.15, 0.2) is 70.5 Å². The molecule has 2 aromatic carbocycles. The van der Waals surface area contributed by atoms with Gasteiger partial charge in [-0.1, -0.05) is 48.5 Å². The number of nitrogens with one attached hydrogen (secondary N) is 1. The highest BCUT2D eigenvalue weighted by Crippen LogP contribution is 2.30. The number of para-hydroxylation sites is 1. The van der Waals surface area contributed by atoms with Gasteiger partial charge in [0.15, 0.2) is 20.7 Å². The van der Waals surface area contributed by atoms with E-state index in [4.69, 9.17) is 4.42 Å². The molecule has 30 heavy (non-hydrogen) atoms. The van der Waals surface area contributed by atoms with Gasteiger partial charge in [0.25, 0.3) is 0 Å². The van der Waals surface area contributed by atoms with Crippen LogP contribution in [-0.2, 0) is 20.4 Å². The zero-order valence-corrected chi connectivity index (χ0v) is 17.7. The van der Waals surface area contributed by atoms with Gasteiger partial charge in [-0.25, -0.2) is 13.4 Å². The lowest BCUT2D eigenvalue weighted by Gasteiger charge is -2.05. The first kappa shape index (κ1) is 20.3. The summed E-state index contributed by atoms with van der Waals surface area (Å²) in [6.45, 7) is 0. The van der Waals surface area contributed by atoms with E-state index in [1.54, 1.807) is 12.1 Å². The summed E-state index contributed by atoms with van der Waals surface area (Å²) in [5.41, 5.74) is 2.18. The minimum Gasteiger partial charge on any atom is -0.454 e. The molecule has 2 aromatic heterocycles. The molecule has 1 amide bonds. The molecule has 4 rings (SSSR count). The molecule has 0 fully saturated rings. The van der Waals surface area contributed by atoms with Crippen molar-refractivity contribution in [1.82, 2.24) is 4.98 Å². The first-order valence-corrected chi connectivity index (χ1v) is 12.2. The molecular formula is C22H20N2O4S2. The number of anilines is 1. The Morgan fingerprint density at radius 3 is 2.63 bits per heavy atom. The first-order valence-electron chi connectivity index (χ1n) is 9.47. The maximum absolute atomic E-state index is 12.2. The molecule has 0 atom stereocenters. The Labute approximate surface area is 178 Å². The predicted molar refractivity (Wildman–Crippen MR) is 119 cm³/mol. The molecule has 0 saturated heterocycles. The van der Waals surface area contributed by atoms with Crippen molar-refractivity contribution in [3.63, 3.8) is 0 Å². The highest BCUT2D eigenvalue weighted by Gasteiger charge is 2.15. The van der Waals surface area contributed by atoms with E-state index in [2.05, 4.69) is 10.3 Å². The van der Waals surface area contributed by atoms with Gasteiger partial charge in [-0.05, 0) is 24.1 Å². The van der Waals surface area contributed by atoms with Gasteiger partial charge >= 0.3 is 0 Å². The molecule has 4 aromatic rings. The number of amides is 1. The molecule has 2 heterocycles. The van der Waals surface area contributed by atoms with Crippen LogP contribution in [0, 0.1) is 0 Å². The third-order valence-electron chi connectivity index (χ3n) is 4.52. The van der Waals surface area contributed by atoms with E-state index >= 15 is 0 Å². The molecule has 6 nitrogen and oxygen atoms in total. The lowest BCUT2D eigenvalue weighted by molar-refractivity contribution is -0.116. The highest BCUT2D eigenvalue weighted by atomic mass is 32.2. The molecular weight excluding hydrogens is 420 g/mol. The van der Waals surface area contributed by atoms with Crippen LogP contribution in [0.3, 0.4) is 0 Å². The van der Waals surface area contributed by atoms with Crippen molar-refractivity contribution in [3.05, 3.63) is 71.6 Å². The van der Waals surface area contributed by atoms with Crippen LogP contribution in [0.4, 0.5) is 5.13 Å². The Morgan fingerprint density at radius 2 is 1.83 bits per heavy atom. The van der Waals surface area contributed by atoms with Gasteiger partial charge in [0.1, 0.15) is 11.3 Å². The summed E-state index contributed by atoms with van der Waals surface area (Å²) >= 11 is 1.30. The van der Waals surface area contributed by atoms with E-state index in [1.807, 2.05) is 53.9 Å². The van der Waals surface area contributed by atoms with Crippen LogP contribution in [0.5, 0.6) is 0 Å². The van der Waals surface area contributed by atoms with Crippen molar-refractivity contribution in [2.24, 2.45) is 0 Å². The number of fused-ring (bicyclic) bond motifs is 1. The van der Waals surface area contributed by atoms with Crippen molar-refractivity contribution in [2.45, 2.75) is 18.6 Å². The van der Waals surface area contributed by atoms with Crippen LogP contribution in [0.1, 0.15) is 18.4 Å². The van der Waals surface area contributed by atoms with Crippen molar-refractivity contribution in [3.8, 4) is 11.5 Å². The number of sulfone groups is 1. The Kier molecular flexibility index (Phi) is 5.96. The zero-order chi connectivity index (χ0) is 21.0. The maximum atomic E-state index is 12.2. The monoisotopic (exact) mass is 440 g/mol.